The first kappa shape index (κ1) is 17.2. The minimum absolute atomic E-state index is 0.0556. The molecule has 1 amide bonds. The fourth-order valence-corrected chi connectivity index (χ4v) is 2.93. The molecular formula is C12H13F3N2O3S. The molecule has 5 nitrogen and oxygen atoms in total. The van der Waals surface area contributed by atoms with Crippen LogP contribution >= 0.6 is 0 Å². The summed E-state index contributed by atoms with van der Waals surface area (Å²) in [6, 6.07) is 4.33. The van der Waals surface area contributed by atoms with Gasteiger partial charge in [0.25, 0.3) is 0 Å². The van der Waals surface area contributed by atoms with Gasteiger partial charge in [0.1, 0.15) is 6.54 Å². The number of amides is 1. The molecule has 0 saturated heterocycles. The molecule has 1 aromatic rings. The van der Waals surface area contributed by atoms with Crippen molar-refractivity contribution < 1.29 is 26.4 Å². The summed E-state index contributed by atoms with van der Waals surface area (Å²) in [4.78, 5) is 10.5. The zero-order chi connectivity index (χ0) is 16.3. The summed E-state index contributed by atoms with van der Waals surface area (Å²) in [5.41, 5.74) is 5.06. The predicted octanol–water partition coefficient (Wildman–Crippen LogP) is 1.52. The highest BCUT2D eigenvalue weighted by Crippen LogP contribution is 2.22. The highest BCUT2D eigenvalue weighted by Gasteiger charge is 2.36. The van der Waals surface area contributed by atoms with E-state index in [9.17, 15) is 26.4 Å². The van der Waals surface area contributed by atoms with Crippen molar-refractivity contribution in [2.75, 3.05) is 13.1 Å². The van der Waals surface area contributed by atoms with E-state index in [0.29, 0.717) is 0 Å². The van der Waals surface area contributed by atoms with Gasteiger partial charge in [0.2, 0.25) is 15.9 Å². The molecule has 0 aromatic heterocycles. The average Bonchev–Trinajstić information content (AvgIpc) is 2.36. The number of sulfonamides is 1. The molecule has 0 saturated carbocycles. The number of alkyl halides is 3. The standard InChI is InChI=1S/C12H13F3N2O3S/c1-2-7-17(8-12(13,14)15)21(19,20)10-5-3-9(4-6-10)11(16)18/h2-6H,1,7-8H2,(H2,16,18). The maximum atomic E-state index is 12.4. The smallest absolute Gasteiger partial charge is 0.366 e. The van der Waals surface area contributed by atoms with Crippen molar-refractivity contribution in [3.05, 3.63) is 42.5 Å². The van der Waals surface area contributed by atoms with Crippen molar-refractivity contribution in [1.82, 2.24) is 4.31 Å². The van der Waals surface area contributed by atoms with Crippen LogP contribution < -0.4 is 5.73 Å². The van der Waals surface area contributed by atoms with E-state index in [0.717, 1.165) is 30.3 Å². The number of hydrogen-bond donors (Lipinski definition) is 1. The van der Waals surface area contributed by atoms with E-state index < -0.39 is 35.2 Å². The van der Waals surface area contributed by atoms with Gasteiger partial charge in [-0.05, 0) is 24.3 Å². The summed E-state index contributed by atoms with van der Waals surface area (Å²) < 4.78 is 61.9. The van der Waals surface area contributed by atoms with Gasteiger partial charge in [-0.1, -0.05) is 6.08 Å². The number of benzene rings is 1. The van der Waals surface area contributed by atoms with Crippen molar-refractivity contribution in [3.8, 4) is 0 Å². The molecule has 2 N–H and O–H groups in total. The van der Waals surface area contributed by atoms with E-state index in [1.165, 1.54) is 0 Å². The normalized spacial score (nSPS) is 12.4. The van der Waals surface area contributed by atoms with Crippen LogP contribution in [0.15, 0.2) is 41.8 Å². The Labute approximate surface area is 119 Å². The first-order chi connectivity index (χ1) is 9.58. The zero-order valence-electron chi connectivity index (χ0n) is 10.8. The molecule has 1 aromatic carbocycles. The van der Waals surface area contributed by atoms with Crippen molar-refractivity contribution >= 4 is 15.9 Å². The molecule has 0 aliphatic rings. The molecule has 0 bridgehead atoms. The van der Waals surface area contributed by atoms with Gasteiger partial charge in [-0.15, -0.1) is 6.58 Å². The van der Waals surface area contributed by atoms with Gasteiger partial charge in [-0.25, -0.2) is 8.42 Å². The van der Waals surface area contributed by atoms with Crippen molar-refractivity contribution in [3.63, 3.8) is 0 Å². The molecule has 1 rings (SSSR count). The molecule has 0 aliphatic heterocycles. The number of rotatable bonds is 6. The maximum absolute atomic E-state index is 12.4. The number of nitrogens with two attached hydrogens (primary N) is 1. The molecule has 9 heteroatoms. The lowest BCUT2D eigenvalue weighted by atomic mass is 10.2. The van der Waals surface area contributed by atoms with Crippen LogP contribution in [0.2, 0.25) is 0 Å². The number of primary amides is 1. The fraction of sp³-hybridized carbons (Fsp3) is 0.250. The first-order valence-corrected chi connectivity index (χ1v) is 7.09. The van der Waals surface area contributed by atoms with E-state index in [4.69, 9.17) is 5.73 Å². The predicted molar refractivity (Wildman–Crippen MR) is 70.0 cm³/mol. The summed E-state index contributed by atoms with van der Waals surface area (Å²) in [6.45, 7) is 1.13. The third kappa shape index (κ3) is 4.57. The van der Waals surface area contributed by atoms with Crippen LogP contribution in [0.3, 0.4) is 0 Å². The van der Waals surface area contributed by atoms with Crippen LogP contribution in [-0.2, 0) is 10.0 Å². The number of halogens is 3. The minimum atomic E-state index is -4.68. The SMILES string of the molecule is C=CCN(CC(F)(F)F)S(=O)(=O)c1ccc(C(N)=O)cc1. The van der Waals surface area contributed by atoms with Gasteiger partial charge in [0, 0.05) is 12.1 Å². The average molecular weight is 322 g/mol. The second-order valence-corrected chi connectivity index (χ2v) is 6.03. The highest BCUT2D eigenvalue weighted by molar-refractivity contribution is 7.89. The lowest BCUT2D eigenvalue weighted by molar-refractivity contribution is -0.135. The Bertz CT molecular complexity index is 624. The third-order valence-corrected chi connectivity index (χ3v) is 4.29. The molecule has 21 heavy (non-hydrogen) atoms. The molecule has 0 fully saturated rings. The summed E-state index contributed by atoms with van der Waals surface area (Å²) in [7, 11) is -4.35. The Morgan fingerprint density at radius 1 is 1.29 bits per heavy atom. The van der Waals surface area contributed by atoms with Crippen molar-refractivity contribution in [2.24, 2.45) is 5.73 Å². The number of carbonyl (C=O) groups excluding carboxylic acids is 1. The van der Waals surface area contributed by atoms with Crippen LogP contribution in [-0.4, -0.2) is 37.9 Å². The summed E-state index contributed by atoms with van der Waals surface area (Å²) in [5, 5.41) is 0. The number of hydrogen-bond acceptors (Lipinski definition) is 3. The van der Waals surface area contributed by atoms with Crippen molar-refractivity contribution in [2.45, 2.75) is 11.1 Å². The maximum Gasteiger partial charge on any atom is 0.402 e. The molecule has 0 unspecified atom stereocenters. The molecule has 0 radical (unpaired) electrons. The Morgan fingerprint density at radius 2 is 1.81 bits per heavy atom. The quantitative estimate of drug-likeness (QED) is 0.807. The van der Waals surface area contributed by atoms with Gasteiger partial charge in [0.05, 0.1) is 4.90 Å². The third-order valence-electron chi connectivity index (χ3n) is 2.46. The van der Waals surface area contributed by atoms with E-state index in [2.05, 4.69) is 6.58 Å². The topological polar surface area (TPSA) is 80.5 Å². The Balaban J connectivity index is 3.16. The molecule has 0 spiro atoms. The van der Waals surface area contributed by atoms with E-state index in [1.807, 2.05) is 0 Å². The first-order valence-electron chi connectivity index (χ1n) is 5.65. The van der Waals surface area contributed by atoms with Gasteiger partial charge >= 0.3 is 6.18 Å². The summed E-state index contributed by atoms with van der Waals surface area (Å²) >= 11 is 0. The molecule has 116 valence electrons. The van der Waals surface area contributed by atoms with Crippen LogP contribution in [0.4, 0.5) is 13.2 Å². The Morgan fingerprint density at radius 3 is 2.19 bits per heavy atom. The molecule has 0 aliphatic carbocycles. The van der Waals surface area contributed by atoms with Gasteiger partial charge < -0.3 is 5.73 Å². The Hall–Kier alpha value is -1.87. The zero-order valence-corrected chi connectivity index (χ0v) is 11.6. The second-order valence-electron chi connectivity index (χ2n) is 4.09. The Kier molecular flexibility index (Phi) is 5.13. The fourth-order valence-electron chi connectivity index (χ4n) is 1.53. The molecule has 0 atom stereocenters. The van der Waals surface area contributed by atoms with Gasteiger partial charge in [0.15, 0.2) is 0 Å². The number of nitrogens with zero attached hydrogens (tertiary/aromatic N) is 1. The number of carbonyl (C=O) groups is 1. The van der Waals surface area contributed by atoms with Crippen LogP contribution in [0, 0.1) is 0 Å². The molecule has 0 heterocycles. The highest BCUT2D eigenvalue weighted by atomic mass is 32.2. The monoisotopic (exact) mass is 322 g/mol. The van der Waals surface area contributed by atoms with Crippen LogP contribution in [0.25, 0.3) is 0 Å². The second kappa shape index (κ2) is 6.27. The van der Waals surface area contributed by atoms with E-state index >= 15 is 0 Å². The van der Waals surface area contributed by atoms with Crippen LogP contribution in [0.5, 0.6) is 0 Å². The van der Waals surface area contributed by atoms with E-state index in [1.54, 1.807) is 0 Å². The minimum Gasteiger partial charge on any atom is -0.366 e. The van der Waals surface area contributed by atoms with Gasteiger partial charge in [-0.3, -0.25) is 4.79 Å². The molecular weight excluding hydrogens is 309 g/mol. The lowest BCUT2D eigenvalue weighted by Crippen LogP contribution is -2.39. The largest absolute Gasteiger partial charge is 0.402 e. The summed E-state index contributed by atoms with van der Waals surface area (Å²) in [6.07, 6.45) is -3.62. The van der Waals surface area contributed by atoms with Crippen molar-refractivity contribution in [1.29, 1.82) is 0 Å². The van der Waals surface area contributed by atoms with Crippen LogP contribution in [0.1, 0.15) is 10.4 Å². The summed E-state index contributed by atoms with van der Waals surface area (Å²) in [5.74, 6) is -0.766. The van der Waals surface area contributed by atoms with E-state index in [-0.39, 0.29) is 14.8 Å². The lowest BCUT2D eigenvalue weighted by Gasteiger charge is -2.22. The van der Waals surface area contributed by atoms with Gasteiger partial charge in [-0.2, -0.15) is 17.5 Å².